The van der Waals surface area contributed by atoms with Crippen LogP contribution in [0.1, 0.15) is 34.8 Å². The van der Waals surface area contributed by atoms with Crippen LogP contribution >= 0.6 is 0 Å². The standard InChI is InChI=1S/C18H21N3O2/c1-2-5-14-6-3-4-7-16(14)21-17(22)15-10-8-13(9-11-15)12-20-18(19)23/h3-4,6-11H,2,5,12H2,1H3,(H,21,22)(H3,19,20,23). The summed E-state index contributed by atoms with van der Waals surface area (Å²) in [7, 11) is 0. The Morgan fingerprint density at radius 1 is 1.04 bits per heavy atom. The van der Waals surface area contributed by atoms with Crippen molar-refractivity contribution in [3.8, 4) is 0 Å². The summed E-state index contributed by atoms with van der Waals surface area (Å²) < 4.78 is 0. The van der Waals surface area contributed by atoms with Gasteiger partial charge >= 0.3 is 6.03 Å². The first-order valence-electron chi connectivity index (χ1n) is 7.61. The summed E-state index contributed by atoms with van der Waals surface area (Å²) in [4.78, 5) is 23.0. The lowest BCUT2D eigenvalue weighted by Crippen LogP contribution is -2.28. The molecule has 0 saturated heterocycles. The minimum Gasteiger partial charge on any atom is -0.352 e. The maximum atomic E-state index is 12.3. The van der Waals surface area contributed by atoms with Crippen molar-refractivity contribution in [2.75, 3.05) is 5.32 Å². The Morgan fingerprint density at radius 3 is 2.39 bits per heavy atom. The minimum absolute atomic E-state index is 0.150. The third kappa shape index (κ3) is 4.85. The Morgan fingerprint density at radius 2 is 1.74 bits per heavy atom. The topological polar surface area (TPSA) is 84.2 Å². The number of nitrogens with one attached hydrogen (secondary N) is 2. The number of para-hydroxylation sites is 1. The quantitative estimate of drug-likeness (QED) is 0.766. The zero-order valence-corrected chi connectivity index (χ0v) is 13.1. The molecule has 0 fully saturated rings. The molecule has 23 heavy (non-hydrogen) atoms. The molecule has 0 atom stereocenters. The molecule has 0 heterocycles. The van der Waals surface area contributed by atoms with Gasteiger partial charge in [0.05, 0.1) is 0 Å². The second kappa shape index (κ2) is 7.98. The molecule has 0 aromatic heterocycles. The van der Waals surface area contributed by atoms with Crippen molar-refractivity contribution in [3.63, 3.8) is 0 Å². The van der Waals surface area contributed by atoms with Crippen molar-refractivity contribution in [2.24, 2.45) is 5.73 Å². The molecule has 0 aliphatic heterocycles. The molecule has 0 aliphatic carbocycles. The first-order valence-corrected chi connectivity index (χ1v) is 7.61. The van der Waals surface area contributed by atoms with E-state index in [1.807, 2.05) is 24.3 Å². The lowest BCUT2D eigenvalue weighted by molar-refractivity contribution is 0.102. The summed E-state index contributed by atoms with van der Waals surface area (Å²) in [5, 5.41) is 5.46. The Bertz CT molecular complexity index is 681. The van der Waals surface area contributed by atoms with E-state index in [0.29, 0.717) is 12.1 Å². The number of amides is 3. The van der Waals surface area contributed by atoms with E-state index in [-0.39, 0.29) is 5.91 Å². The number of anilines is 1. The second-order valence-electron chi connectivity index (χ2n) is 5.28. The van der Waals surface area contributed by atoms with Gasteiger partial charge in [0.15, 0.2) is 0 Å². The Labute approximate surface area is 135 Å². The monoisotopic (exact) mass is 311 g/mol. The molecule has 5 heteroatoms. The number of primary amides is 1. The maximum Gasteiger partial charge on any atom is 0.312 e. The summed E-state index contributed by atoms with van der Waals surface area (Å²) >= 11 is 0. The number of hydrogen-bond acceptors (Lipinski definition) is 2. The molecule has 0 radical (unpaired) electrons. The summed E-state index contributed by atoms with van der Waals surface area (Å²) in [6.45, 7) is 2.45. The van der Waals surface area contributed by atoms with Crippen LogP contribution < -0.4 is 16.4 Å². The van der Waals surface area contributed by atoms with Crippen LogP contribution in [-0.4, -0.2) is 11.9 Å². The maximum absolute atomic E-state index is 12.3. The van der Waals surface area contributed by atoms with Gasteiger partial charge in [0.1, 0.15) is 0 Å². The number of aryl methyl sites for hydroxylation is 1. The lowest BCUT2D eigenvalue weighted by Gasteiger charge is -2.11. The number of benzene rings is 2. The molecule has 4 N–H and O–H groups in total. The van der Waals surface area contributed by atoms with Crippen LogP contribution in [0.3, 0.4) is 0 Å². The molecule has 5 nitrogen and oxygen atoms in total. The summed E-state index contributed by atoms with van der Waals surface area (Å²) in [6.07, 6.45) is 1.95. The number of rotatable bonds is 6. The van der Waals surface area contributed by atoms with E-state index in [9.17, 15) is 9.59 Å². The van der Waals surface area contributed by atoms with Crippen LogP contribution in [0.25, 0.3) is 0 Å². The van der Waals surface area contributed by atoms with E-state index in [2.05, 4.69) is 17.6 Å². The van der Waals surface area contributed by atoms with Gasteiger partial charge in [-0.25, -0.2) is 4.79 Å². The van der Waals surface area contributed by atoms with Crippen molar-refractivity contribution >= 4 is 17.6 Å². The Hall–Kier alpha value is -2.82. The van der Waals surface area contributed by atoms with Crippen molar-refractivity contribution in [1.82, 2.24) is 5.32 Å². The van der Waals surface area contributed by atoms with E-state index in [0.717, 1.165) is 29.7 Å². The van der Waals surface area contributed by atoms with Crippen LogP contribution in [0.5, 0.6) is 0 Å². The highest BCUT2D eigenvalue weighted by molar-refractivity contribution is 6.04. The molecule has 3 amide bonds. The highest BCUT2D eigenvalue weighted by Crippen LogP contribution is 2.18. The van der Waals surface area contributed by atoms with E-state index in [1.165, 1.54) is 0 Å². The van der Waals surface area contributed by atoms with Crippen LogP contribution in [0.15, 0.2) is 48.5 Å². The molecule has 0 bridgehead atoms. The highest BCUT2D eigenvalue weighted by Gasteiger charge is 2.08. The second-order valence-corrected chi connectivity index (χ2v) is 5.28. The number of carbonyl (C=O) groups is 2. The predicted octanol–water partition coefficient (Wildman–Crippen LogP) is 3.06. The van der Waals surface area contributed by atoms with Crippen LogP contribution in [0.2, 0.25) is 0 Å². The van der Waals surface area contributed by atoms with Crippen molar-refractivity contribution in [2.45, 2.75) is 26.3 Å². The zero-order valence-electron chi connectivity index (χ0n) is 13.1. The third-order valence-corrected chi connectivity index (χ3v) is 3.47. The van der Waals surface area contributed by atoms with Crippen molar-refractivity contribution < 1.29 is 9.59 Å². The fraction of sp³-hybridized carbons (Fsp3) is 0.222. The van der Waals surface area contributed by atoms with Gasteiger partial charge in [-0.05, 0) is 35.7 Å². The van der Waals surface area contributed by atoms with Crippen molar-refractivity contribution in [1.29, 1.82) is 0 Å². The summed E-state index contributed by atoms with van der Waals surface area (Å²) in [5.74, 6) is -0.150. The van der Waals surface area contributed by atoms with Gasteiger partial charge in [0.2, 0.25) is 0 Å². The number of nitrogens with two attached hydrogens (primary N) is 1. The molecule has 120 valence electrons. The normalized spacial score (nSPS) is 10.1. The summed E-state index contributed by atoms with van der Waals surface area (Å²) in [6, 6.07) is 14.3. The third-order valence-electron chi connectivity index (χ3n) is 3.47. The first kappa shape index (κ1) is 16.5. The average Bonchev–Trinajstić information content (AvgIpc) is 2.55. The van der Waals surface area contributed by atoms with Gasteiger partial charge in [-0.15, -0.1) is 0 Å². The summed E-state index contributed by atoms with van der Waals surface area (Å²) in [5.41, 5.74) is 8.46. The molecule has 0 unspecified atom stereocenters. The largest absolute Gasteiger partial charge is 0.352 e. The van der Waals surface area contributed by atoms with Crippen LogP contribution in [0.4, 0.5) is 10.5 Å². The first-order chi connectivity index (χ1) is 11.1. The molecule has 2 rings (SSSR count). The molecular formula is C18H21N3O2. The highest BCUT2D eigenvalue weighted by atomic mass is 16.2. The predicted molar refractivity (Wildman–Crippen MR) is 91.3 cm³/mol. The van der Waals surface area contributed by atoms with Gasteiger partial charge in [-0.2, -0.15) is 0 Å². The zero-order chi connectivity index (χ0) is 16.7. The number of urea groups is 1. The van der Waals surface area contributed by atoms with E-state index in [4.69, 9.17) is 5.73 Å². The van der Waals surface area contributed by atoms with Gasteiger partial charge in [0.25, 0.3) is 5.91 Å². The molecular weight excluding hydrogens is 290 g/mol. The molecule has 2 aromatic carbocycles. The SMILES string of the molecule is CCCc1ccccc1NC(=O)c1ccc(CNC(N)=O)cc1. The van der Waals surface area contributed by atoms with E-state index < -0.39 is 6.03 Å². The fourth-order valence-corrected chi connectivity index (χ4v) is 2.29. The van der Waals surface area contributed by atoms with Gasteiger partial charge in [-0.1, -0.05) is 43.7 Å². The van der Waals surface area contributed by atoms with Gasteiger partial charge < -0.3 is 16.4 Å². The minimum atomic E-state index is -0.570. The molecule has 0 aliphatic rings. The van der Waals surface area contributed by atoms with Crippen LogP contribution in [-0.2, 0) is 13.0 Å². The number of carbonyl (C=O) groups excluding carboxylic acids is 2. The van der Waals surface area contributed by atoms with Crippen LogP contribution in [0, 0.1) is 0 Å². The molecule has 2 aromatic rings. The fourth-order valence-electron chi connectivity index (χ4n) is 2.29. The Balaban J connectivity index is 2.05. The van der Waals surface area contributed by atoms with Gasteiger partial charge in [-0.3, -0.25) is 4.79 Å². The van der Waals surface area contributed by atoms with E-state index >= 15 is 0 Å². The molecule has 0 spiro atoms. The lowest BCUT2D eigenvalue weighted by atomic mass is 10.1. The van der Waals surface area contributed by atoms with E-state index in [1.54, 1.807) is 24.3 Å². The van der Waals surface area contributed by atoms with Gasteiger partial charge in [0, 0.05) is 17.8 Å². The van der Waals surface area contributed by atoms with Crippen molar-refractivity contribution in [3.05, 3.63) is 65.2 Å². The average molecular weight is 311 g/mol. The molecule has 0 saturated carbocycles. The Kier molecular flexibility index (Phi) is 5.74. The number of hydrogen-bond donors (Lipinski definition) is 3. The smallest absolute Gasteiger partial charge is 0.312 e.